The van der Waals surface area contributed by atoms with Crippen LogP contribution in [0.5, 0.6) is 5.75 Å². The first-order chi connectivity index (χ1) is 16.9. The number of ether oxygens (including phenoxy) is 1. The Morgan fingerprint density at radius 1 is 1.14 bits per heavy atom. The lowest BCUT2D eigenvalue weighted by Crippen LogP contribution is -2.31. The Balaban J connectivity index is 1.73. The Kier molecular flexibility index (Phi) is 7.80. The van der Waals surface area contributed by atoms with E-state index in [1.165, 1.54) is 0 Å². The highest BCUT2D eigenvalue weighted by atomic mass is 32.2. The molecular weight excluding hydrogens is 458 g/mol. The minimum absolute atomic E-state index is 0.163. The molecule has 4 rings (SSSR count). The van der Waals surface area contributed by atoms with E-state index in [4.69, 9.17) is 14.8 Å². The number of carbonyl (C=O) groups is 1. The average molecular weight is 492 g/mol. The van der Waals surface area contributed by atoms with Crippen LogP contribution in [0.15, 0.2) is 58.9 Å². The van der Waals surface area contributed by atoms with Gasteiger partial charge in [-0.15, -0.1) is 5.10 Å². The van der Waals surface area contributed by atoms with Crippen LogP contribution < -0.4 is 15.4 Å². The number of aromatic nitrogens is 3. The number of fused-ring (bicyclic) bond motifs is 1. The van der Waals surface area contributed by atoms with Crippen molar-refractivity contribution >= 4 is 29.3 Å². The minimum Gasteiger partial charge on any atom is -0.494 e. The number of carbonyl (C=O) groups excluding carboxylic acids is 1. The largest absolute Gasteiger partial charge is 0.494 e. The predicted octanol–water partition coefficient (Wildman–Crippen LogP) is 6.11. The fourth-order valence-electron chi connectivity index (χ4n) is 4.09. The number of rotatable bonds is 9. The number of hydrogen-bond acceptors (Lipinski definition) is 6. The molecule has 2 N–H and O–H groups in total. The first kappa shape index (κ1) is 24.9. The molecule has 8 heteroatoms. The van der Waals surface area contributed by atoms with Crippen molar-refractivity contribution in [2.24, 2.45) is 0 Å². The van der Waals surface area contributed by atoms with Crippen molar-refractivity contribution in [3.8, 4) is 5.75 Å². The summed E-state index contributed by atoms with van der Waals surface area (Å²) in [4.78, 5) is 18.4. The lowest BCUT2D eigenvalue weighted by atomic mass is 9.94. The Labute approximate surface area is 211 Å². The van der Waals surface area contributed by atoms with Crippen LogP contribution in [0.1, 0.15) is 56.3 Å². The van der Waals surface area contributed by atoms with Crippen LogP contribution in [0.3, 0.4) is 0 Å². The fourth-order valence-corrected chi connectivity index (χ4v) is 5.00. The second-order valence-corrected chi connectivity index (χ2v) is 9.70. The van der Waals surface area contributed by atoms with Crippen LogP contribution in [-0.2, 0) is 4.79 Å². The quantitative estimate of drug-likeness (QED) is 0.277. The van der Waals surface area contributed by atoms with Crippen molar-refractivity contribution in [3.05, 3.63) is 70.4 Å². The molecule has 2 heterocycles. The molecule has 3 aromatic rings. The van der Waals surface area contributed by atoms with Gasteiger partial charge in [0.2, 0.25) is 11.1 Å². The van der Waals surface area contributed by atoms with Crippen LogP contribution >= 0.6 is 11.8 Å². The zero-order valence-corrected chi connectivity index (χ0v) is 21.8. The maximum atomic E-state index is 13.7. The van der Waals surface area contributed by atoms with Gasteiger partial charge in [-0.2, -0.15) is 4.98 Å². The summed E-state index contributed by atoms with van der Waals surface area (Å²) >= 11 is 1.64. The number of aryl methyl sites for hydroxylation is 1. The predicted molar refractivity (Wildman–Crippen MR) is 142 cm³/mol. The smallest absolute Gasteiger partial charge is 0.255 e. The zero-order valence-electron chi connectivity index (χ0n) is 21.0. The zero-order chi connectivity index (χ0) is 24.9. The maximum Gasteiger partial charge on any atom is 0.255 e. The summed E-state index contributed by atoms with van der Waals surface area (Å²) in [5, 5.41) is 12.0. The highest BCUT2D eigenvalue weighted by Crippen LogP contribution is 2.37. The Hall–Kier alpha value is -3.26. The highest BCUT2D eigenvalue weighted by Gasteiger charge is 2.34. The van der Waals surface area contributed by atoms with Crippen molar-refractivity contribution in [2.75, 3.05) is 23.0 Å². The van der Waals surface area contributed by atoms with Crippen molar-refractivity contribution in [1.29, 1.82) is 0 Å². The van der Waals surface area contributed by atoms with Crippen LogP contribution in [0.25, 0.3) is 0 Å². The van der Waals surface area contributed by atoms with Gasteiger partial charge in [0.05, 0.1) is 12.2 Å². The van der Waals surface area contributed by atoms with Crippen molar-refractivity contribution in [3.63, 3.8) is 0 Å². The van der Waals surface area contributed by atoms with Crippen LogP contribution in [-0.4, -0.2) is 33.0 Å². The minimum atomic E-state index is -0.417. The van der Waals surface area contributed by atoms with Crippen LogP contribution in [0, 0.1) is 13.8 Å². The summed E-state index contributed by atoms with van der Waals surface area (Å²) in [6.07, 6.45) is 2.22. The van der Waals surface area contributed by atoms with Gasteiger partial charge in [0.25, 0.3) is 5.91 Å². The number of unbranched alkanes of at least 4 members (excludes halogenated alkanes) is 1. The van der Waals surface area contributed by atoms with E-state index in [2.05, 4.69) is 17.6 Å². The Morgan fingerprint density at radius 3 is 2.63 bits per heavy atom. The van der Waals surface area contributed by atoms with E-state index < -0.39 is 6.04 Å². The fraction of sp³-hybridized carbons (Fsp3) is 0.370. The van der Waals surface area contributed by atoms with Crippen molar-refractivity contribution in [1.82, 2.24) is 14.8 Å². The van der Waals surface area contributed by atoms with Gasteiger partial charge in [-0.05, 0) is 69.0 Å². The number of nitrogens with zero attached hydrogens (tertiary/aromatic N) is 3. The second-order valence-electron chi connectivity index (χ2n) is 8.63. The number of anilines is 2. The molecule has 1 atom stereocenters. The molecule has 0 aliphatic carbocycles. The molecule has 1 aliphatic heterocycles. The SMILES string of the molecule is CCCCSc1nc2n(n1)C(c1ccc(OCC)cc1)C(C(=O)Nc1cccc(C)c1C)=C(C)N2. The molecule has 184 valence electrons. The summed E-state index contributed by atoms with van der Waals surface area (Å²) in [6, 6.07) is 13.4. The summed E-state index contributed by atoms with van der Waals surface area (Å²) in [5.41, 5.74) is 5.30. The van der Waals surface area contributed by atoms with E-state index in [1.807, 2.05) is 74.8 Å². The lowest BCUT2D eigenvalue weighted by Gasteiger charge is -2.29. The van der Waals surface area contributed by atoms with E-state index in [0.29, 0.717) is 23.3 Å². The Morgan fingerprint density at radius 2 is 1.91 bits per heavy atom. The van der Waals surface area contributed by atoms with Gasteiger partial charge in [0.1, 0.15) is 11.8 Å². The standard InChI is InChI=1S/C27H33N5O2S/c1-6-8-16-35-27-30-26-28-19(5)23(25(33)29-22-11-9-10-17(3)18(22)4)24(32(26)31-27)20-12-14-21(15-13-20)34-7-2/h9-15,24H,6-8,16H2,1-5H3,(H,29,33)(H,28,30,31). The first-order valence-electron chi connectivity index (χ1n) is 12.1. The lowest BCUT2D eigenvalue weighted by molar-refractivity contribution is -0.113. The van der Waals surface area contributed by atoms with Crippen LogP contribution in [0.4, 0.5) is 11.6 Å². The molecule has 35 heavy (non-hydrogen) atoms. The van der Waals surface area contributed by atoms with E-state index in [9.17, 15) is 4.79 Å². The molecule has 0 bridgehead atoms. The third-order valence-electron chi connectivity index (χ3n) is 6.17. The molecule has 0 saturated heterocycles. The highest BCUT2D eigenvalue weighted by molar-refractivity contribution is 7.99. The molecule has 1 amide bonds. The number of nitrogens with one attached hydrogen (secondary N) is 2. The monoisotopic (exact) mass is 491 g/mol. The Bertz CT molecular complexity index is 1230. The van der Waals surface area contributed by atoms with E-state index in [-0.39, 0.29) is 5.91 Å². The number of allylic oxidation sites excluding steroid dienone is 1. The molecule has 2 aromatic carbocycles. The number of benzene rings is 2. The molecular formula is C27H33N5O2S. The molecule has 1 unspecified atom stereocenters. The maximum absolute atomic E-state index is 13.7. The van der Waals surface area contributed by atoms with Gasteiger partial charge in [-0.1, -0.05) is 49.4 Å². The third-order valence-corrected chi connectivity index (χ3v) is 7.09. The average Bonchev–Trinajstić information content (AvgIpc) is 3.24. The van der Waals surface area contributed by atoms with Crippen molar-refractivity contribution in [2.45, 2.75) is 58.7 Å². The molecule has 0 fully saturated rings. The number of hydrogen-bond donors (Lipinski definition) is 2. The normalized spacial score (nSPS) is 14.9. The molecule has 0 radical (unpaired) electrons. The second kappa shape index (κ2) is 11.0. The topological polar surface area (TPSA) is 81.1 Å². The molecule has 0 saturated carbocycles. The van der Waals surface area contributed by atoms with E-state index in [0.717, 1.165) is 52.4 Å². The van der Waals surface area contributed by atoms with Crippen molar-refractivity contribution < 1.29 is 9.53 Å². The van der Waals surface area contributed by atoms with Crippen LogP contribution in [0.2, 0.25) is 0 Å². The van der Waals surface area contributed by atoms with E-state index in [1.54, 1.807) is 11.8 Å². The van der Waals surface area contributed by atoms with Gasteiger partial charge in [0.15, 0.2) is 0 Å². The number of thioether (sulfide) groups is 1. The number of amides is 1. The van der Waals surface area contributed by atoms with Gasteiger partial charge in [-0.3, -0.25) is 4.79 Å². The summed E-state index contributed by atoms with van der Waals surface area (Å²) in [7, 11) is 0. The molecule has 1 aliphatic rings. The van der Waals surface area contributed by atoms with Gasteiger partial charge in [-0.25, -0.2) is 4.68 Å². The van der Waals surface area contributed by atoms with Gasteiger partial charge < -0.3 is 15.4 Å². The van der Waals surface area contributed by atoms with Gasteiger partial charge >= 0.3 is 0 Å². The molecule has 7 nitrogen and oxygen atoms in total. The summed E-state index contributed by atoms with van der Waals surface area (Å²) < 4.78 is 7.46. The summed E-state index contributed by atoms with van der Waals surface area (Å²) in [6.45, 7) is 10.7. The molecule has 0 spiro atoms. The van der Waals surface area contributed by atoms with E-state index >= 15 is 0 Å². The third kappa shape index (κ3) is 5.37. The first-order valence-corrected chi connectivity index (χ1v) is 13.1. The summed E-state index contributed by atoms with van der Waals surface area (Å²) in [5.74, 6) is 2.23. The van der Waals surface area contributed by atoms with Gasteiger partial charge in [0, 0.05) is 17.1 Å². The molecule has 1 aromatic heterocycles.